The van der Waals surface area contributed by atoms with E-state index >= 15 is 0 Å². The highest BCUT2D eigenvalue weighted by Crippen LogP contribution is 2.46. The number of amides is 2. The number of hydrogen-bond donors (Lipinski definition) is 3. The van der Waals surface area contributed by atoms with Crippen LogP contribution in [0.1, 0.15) is 43.1 Å². The molecule has 0 aliphatic rings. The maximum atomic E-state index is 13.2. The number of methoxy groups -OCH3 is 3. The molecule has 0 saturated carbocycles. The van der Waals surface area contributed by atoms with Crippen molar-refractivity contribution in [1.82, 2.24) is 0 Å². The van der Waals surface area contributed by atoms with Gasteiger partial charge in [-0.1, -0.05) is 19.9 Å². The number of rotatable bonds is 10. The monoisotopic (exact) mass is 524 g/mol. The lowest BCUT2D eigenvalue weighted by atomic mass is 9.87. The number of benzene rings is 2. The SMILES string of the molecule is COc1ccc(C(CC(=O)Nc2ccc(NC(=O)C(C)C)cc2)c2c(O)cc(C)oc2=O)c(OC)c1OC. The summed E-state index contributed by atoms with van der Waals surface area (Å²) in [6.45, 7) is 5.12. The first-order chi connectivity index (χ1) is 18.1. The average Bonchev–Trinajstić information content (AvgIpc) is 2.87. The Hall–Kier alpha value is -4.47. The third-order valence-electron chi connectivity index (χ3n) is 5.90. The number of ether oxygens (including phenoxy) is 3. The van der Waals surface area contributed by atoms with Crippen LogP contribution in [0.15, 0.2) is 51.7 Å². The molecule has 3 N–H and O–H groups in total. The summed E-state index contributed by atoms with van der Waals surface area (Å²) in [5.41, 5.74) is 0.622. The number of aryl methyl sites for hydroxylation is 1. The maximum absolute atomic E-state index is 13.2. The van der Waals surface area contributed by atoms with Crippen molar-refractivity contribution in [2.24, 2.45) is 5.92 Å². The zero-order chi connectivity index (χ0) is 28.0. The first-order valence-electron chi connectivity index (χ1n) is 11.9. The van der Waals surface area contributed by atoms with Crippen molar-refractivity contribution >= 4 is 23.2 Å². The second-order valence-corrected chi connectivity index (χ2v) is 8.89. The zero-order valence-corrected chi connectivity index (χ0v) is 22.2. The molecule has 202 valence electrons. The Morgan fingerprint density at radius 1 is 0.921 bits per heavy atom. The van der Waals surface area contributed by atoms with E-state index in [-0.39, 0.29) is 46.8 Å². The summed E-state index contributed by atoms with van der Waals surface area (Å²) in [6, 6.07) is 11.2. The molecule has 0 saturated heterocycles. The van der Waals surface area contributed by atoms with Crippen LogP contribution in [0, 0.1) is 12.8 Å². The predicted octanol–water partition coefficient (Wildman–Crippen LogP) is 4.43. The molecule has 10 heteroatoms. The van der Waals surface area contributed by atoms with Gasteiger partial charge < -0.3 is 34.4 Å². The van der Waals surface area contributed by atoms with Crippen LogP contribution in [0.3, 0.4) is 0 Å². The van der Waals surface area contributed by atoms with E-state index in [4.69, 9.17) is 18.6 Å². The van der Waals surface area contributed by atoms with Crippen molar-refractivity contribution in [1.29, 1.82) is 0 Å². The molecule has 3 aromatic rings. The minimum absolute atomic E-state index is 0.0944. The first kappa shape index (κ1) is 28.1. The van der Waals surface area contributed by atoms with E-state index in [1.807, 2.05) is 0 Å². The fourth-order valence-electron chi connectivity index (χ4n) is 4.01. The predicted molar refractivity (Wildman–Crippen MR) is 142 cm³/mol. The van der Waals surface area contributed by atoms with Gasteiger partial charge in [0.1, 0.15) is 11.5 Å². The third-order valence-corrected chi connectivity index (χ3v) is 5.90. The van der Waals surface area contributed by atoms with E-state index in [0.717, 1.165) is 0 Å². The normalized spacial score (nSPS) is 11.6. The van der Waals surface area contributed by atoms with Crippen LogP contribution in [-0.2, 0) is 9.59 Å². The molecule has 0 radical (unpaired) electrons. The number of carbonyl (C=O) groups excluding carboxylic acids is 2. The Bertz CT molecular complexity index is 1360. The van der Waals surface area contributed by atoms with Crippen molar-refractivity contribution in [2.75, 3.05) is 32.0 Å². The molecule has 0 spiro atoms. The number of carbonyl (C=O) groups is 2. The molecule has 1 unspecified atom stereocenters. The highest BCUT2D eigenvalue weighted by atomic mass is 16.5. The van der Waals surface area contributed by atoms with Crippen molar-refractivity contribution < 1.29 is 33.3 Å². The molecule has 1 atom stereocenters. The highest BCUT2D eigenvalue weighted by Gasteiger charge is 2.30. The van der Waals surface area contributed by atoms with Crippen LogP contribution < -0.4 is 30.5 Å². The van der Waals surface area contributed by atoms with E-state index in [0.29, 0.717) is 22.7 Å². The van der Waals surface area contributed by atoms with Gasteiger partial charge in [-0.3, -0.25) is 9.59 Å². The Kier molecular flexibility index (Phi) is 9.01. The Morgan fingerprint density at radius 2 is 1.53 bits per heavy atom. The molecule has 38 heavy (non-hydrogen) atoms. The molecule has 1 aromatic heterocycles. The van der Waals surface area contributed by atoms with Gasteiger partial charge in [-0.25, -0.2) is 4.79 Å². The standard InChI is InChI=1S/C28H32N2O8/c1-15(2)27(33)30-18-9-7-17(8-10-18)29-23(32)14-20(24-21(31)13-16(3)38-28(24)34)19-11-12-22(35-4)26(37-6)25(19)36-5/h7-13,15,20,31H,14H2,1-6H3,(H,29,32)(H,30,33). The van der Waals surface area contributed by atoms with Gasteiger partial charge in [0.15, 0.2) is 11.5 Å². The summed E-state index contributed by atoms with van der Waals surface area (Å²) in [4.78, 5) is 38.0. The van der Waals surface area contributed by atoms with Crippen LogP contribution in [0.5, 0.6) is 23.0 Å². The van der Waals surface area contributed by atoms with Gasteiger partial charge in [0.05, 0.1) is 26.9 Å². The second-order valence-electron chi connectivity index (χ2n) is 8.89. The van der Waals surface area contributed by atoms with Crippen molar-refractivity contribution in [2.45, 2.75) is 33.1 Å². The number of nitrogens with one attached hydrogen (secondary N) is 2. The minimum Gasteiger partial charge on any atom is -0.507 e. The number of anilines is 2. The summed E-state index contributed by atoms with van der Waals surface area (Å²) in [5.74, 6) is -0.859. The van der Waals surface area contributed by atoms with E-state index < -0.39 is 17.5 Å². The van der Waals surface area contributed by atoms with E-state index in [1.165, 1.54) is 34.3 Å². The fourth-order valence-corrected chi connectivity index (χ4v) is 4.01. The number of hydrogen-bond acceptors (Lipinski definition) is 8. The molecule has 1 heterocycles. The average molecular weight is 525 g/mol. The van der Waals surface area contributed by atoms with Crippen molar-refractivity contribution in [3.05, 3.63) is 69.8 Å². The molecule has 0 bridgehead atoms. The lowest BCUT2D eigenvalue weighted by Gasteiger charge is -2.22. The van der Waals surface area contributed by atoms with Gasteiger partial charge >= 0.3 is 5.63 Å². The molecular formula is C28H32N2O8. The number of aromatic hydroxyl groups is 1. The van der Waals surface area contributed by atoms with Gasteiger partial charge in [-0.15, -0.1) is 0 Å². The summed E-state index contributed by atoms with van der Waals surface area (Å²) < 4.78 is 21.7. The maximum Gasteiger partial charge on any atom is 0.343 e. The molecule has 0 aliphatic heterocycles. The van der Waals surface area contributed by atoms with Crippen LogP contribution >= 0.6 is 0 Å². The topological polar surface area (TPSA) is 136 Å². The van der Waals surface area contributed by atoms with Gasteiger partial charge in [-0.2, -0.15) is 0 Å². The Morgan fingerprint density at radius 3 is 2.05 bits per heavy atom. The van der Waals surface area contributed by atoms with Gasteiger partial charge in [0, 0.05) is 41.3 Å². The van der Waals surface area contributed by atoms with Crippen LogP contribution in [0.2, 0.25) is 0 Å². The van der Waals surface area contributed by atoms with E-state index in [9.17, 15) is 19.5 Å². The quantitative estimate of drug-likeness (QED) is 0.354. The summed E-state index contributed by atoms with van der Waals surface area (Å²) >= 11 is 0. The molecule has 0 fully saturated rings. The van der Waals surface area contributed by atoms with Crippen LogP contribution in [0.25, 0.3) is 0 Å². The Labute approximate surface area is 220 Å². The second kappa shape index (κ2) is 12.2. The van der Waals surface area contributed by atoms with Crippen LogP contribution in [-0.4, -0.2) is 38.3 Å². The summed E-state index contributed by atoms with van der Waals surface area (Å²) in [5, 5.41) is 16.3. The summed E-state index contributed by atoms with van der Waals surface area (Å²) in [6.07, 6.45) is -0.237. The molecule has 3 rings (SSSR count). The van der Waals surface area contributed by atoms with Crippen LogP contribution in [0.4, 0.5) is 11.4 Å². The van der Waals surface area contributed by atoms with Crippen molar-refractivity contribution in [3.8, 4) is 23.0 Å². The molecule has 10 nitrogen and oxygen atoms in total. The van der Waals surface area contributed by atoms with E-state index in [1.54, 1.807) is 50.2 Å². The molecule has 2 aromatic carbocycles. The fraction of sp³-hybridized carbons (Fsp3) is 0.321. The van der Waals surface area contributed by atoms with Gasteiger partial charge in [0.25, 0.3) is 0 Å². The lowest BCUT2D eigenvalue weighted by Crippen LogP contribution is -2.22. The molecule has 0 aliphatic carbocycles. The summed E-state index contributed by atoms with van der Waals surface area (Å²) in [7, 11) is 4.34. The highest BCUT2D eigenvalue weighted by molar-refractivity contribution is 5.94. The molecule has 2 amide bonds. The molecular weight excluding hydrogens is 492 g/mol. The lowest BCUT2D eigenvalue weighted by molar-refractivity contribution is -0.119. The smallest absolute Gasteiger partial charge is 0.343 e. The van der Waals surface area contributed by atoms with Gasteiger partial charge in [0.2, 0.25) is 17.6 Å². The Balaban J connectivity index is 1.98. The first-order valence-corrected chi connectivity index (χ1v) is 11.9. The minimum atomic E-state index is -0.953. The zero-order valence-electron chi connectivity index (χ0n) is 22.2. The largest absolute Gasteiger partial charge is 0.507 e. The van der Waals surface area contributed by atoms with E-state index in [2.05, 4.69) is 10.6 Å². The van der Waals surface area contributed by atoms with Gasteiger partial charge in [-0.05, 0) is 37.3 Å². The third kappa shape index (κ3) is 6.26. The van der Waals surface area contributed by atoms with Crippen molar-refractivity contribution in [3.63, 3.8) is 0 Å².